The number of ether oxygens (including phenoxy) is 2. The van der Waals surface area contributed by atoms with Crippen LogP contribution >= 0.6 is 7.82 Å². The van der Waals surface area contributed by atoms with Gasteiger partial charge in [0, 0.05) is 48.2 Å². The minimum atomic E-state index is -4.92. The third-order valence-electron chi connectivity index (χ3n) is 7.69. The molecule has 0 bridgehead atoms. The van der Waals surface area contributed by atoms with Crippen molar-refractivity contribution >= 4 is 19.4 Å². The van der Waals surface area contributed by atoms with Gasteiger partial charge in [0.25, 0.3) is 0 Å². The average molecular weight is 711 g/mol. The first kappa shape index (κ1) is 41.0. The Morgan fingerprint density at radius 2 is 1.04 bits per heavy atom. The topological polar surface area (TPSA) is 118 Å². The van der Waals surface area contributed by atoms with Crippen LogP contribution in [-0.4, -0.2) is 63.8 Å². The van der Waals surface area contributed by atoms with Gasteiger partial charge < -0.3 is 33.2 Å². The number of benzene rings is 4. The van der Waals surface area contributed by atoms with E-state index in [1.165, 1.54) is 24.3 Å². The first-order valence-electron chi connectivity index (χ1n) is 15.9. The number of hydrogen-bond acceptors (Lipinski definition) is 10. The molecule has 0 unspecified atom stereocenters. The quantitative estimate of drug-likeness (QED) is 0.0865. The fourth-order valence-corrected chi connectivity index (χ4v) is 6.22. The molecule has 0 aliphatic heterocycles. The molecule has 0 radical (unpaired) electrons. The second-order valence-electron chi connectivity index (χ2n) is 12.3. The van der Waals surface area contributed by atoms with E-state index in [1.807, 2.05) is 74.4 Å². The van der Waals surface area contributed by atoms with Gasteiger partial charge in [0.1, 0.15) is 23.0 Å². The molecule has 0 spiro atoms. The number of phosphoric acid groups is 1. The van der Waals surface area contributed by atoms with Crippen LogP contribution in [-0.2, 0) is 30.5 Å². The molecule has 0 N–H and O–H groups in total. The molecule has 10 nitrogen and oxygen atoms in total. The zero-order chi connectivity index (χ0) is 35.6. The van der Waals surface area contributed by atoms with Crippen molar-refractivity contribution in [3.8, 4) is 23.0 Å². The number of ketones is 2. The van der Waals surface area contributed by atoms with Crippen LogP contribution in [0.4, 0.5) is 0 Å². The molecule has 0 fully saturated rings. The molecule has 0 aromatic heterocycles. The van der Waals surface area contributed by atoms with Crippen LogP contribution in [0.15, 0.2) is 84.9 Å². The smallest absolute Gasteiger partial charge is 0.736 e. The molecule has 260 valence electrons. The number of rotatable bonds is 18. The Balaban J connectivity index is 0.00000676. The van der Waals surface area contributed by atoms with E-state index in [-0.39, 0.29) is 65.5 Å². The van der Waals surface area contributed by atoms with Crippen LogP contribution in [0.2, 0.25) is 0 Å². The summed E-state index contributed by atoms with van der Waals surface area (Å²) >= 11 is 0. The van der Waals surface area contributed by atoms with Crippen LogP contribution in [0.25, 0.3) is 0 Å². The Morgan fingerprint density at radius 3 is 1.40 bits per heavy atom. The molecule has 0 aliphatic carbocycles. The summed E-state index contributed by atoms with van der Waals surface area (Å²) in [7, 11) is 6.24. The summed E-state index contributed by atoms with van der Waals surface area (Å²) in [5, 5.41) is 0. The van der Waals surface area contributed by atoms with Crippen molar-refractivity contribution in [2.75, 3.05) is 42.4 Å². The molecule has 4 aromatic carbocycles. The zero-order valence-corrected chi connectivity index (χ0v) is 32.8. The summed E-state index contributed by atoms with van der Waals surface area (Å²) in [6.07, 6.45) is 1.45. The normalized spacial score (nSPS) is 11.2. The van der Waals surface area contributed by atoms with Gasteiger partial charge in [0.2, 0.25) is 0 Å². The fraction of sp³-hybridized carbons (Fsp3) is 0.316. The molecule has 50 heavy (non-hydrogen) atoms. The van der Waals surface area contributed by atoms with Gasteiger partial charge in [-0.1, -0.05) is 48.5 Å². The van der Waals surface area contributed by atoms with Crippen molar-refractivity contribution in [1.82, 2.24) is 9.80 Å². The predicted octanol–water partition coefficient (Wildman–Crippen LogP) is 3.39. The van der Waals surface area contributed by atoms with E-state index in [9.17, 15) is 19.0 Å². The summed E-state index contributed by atoms with van der Waals surface area (Å²) in [6, 6.07) is 23.7. The van der Waals surface area contributed by atoms with E-state index in [0.717, 1.165) is 33.8 Å². The first-order valence-corrected chi connectivity index (χ1v) is 17.4. The molecular formula is C38H44N2NaO8P. The van der Waals surface area contributed by atoms with E-state index in [0.29, 0.717) is 37.1 Å². The van der Waals surface area contributed by atoms with Gasteiger partial charge in [-0.25, -0.2) is 4.57 Å². The second-order valence-corrected chi connectivity index (χ2v) is 13.6. The van der Waals surface area contributed by atoms with Crippen LogP contribution in [0.3, 0.4) is 0 Å². The third kappa shape index (κ3) is 12.4. The molecule has 12 heteroatoms. The summed E-state index contributed by atoms with van der Waals surface area (Å²) in [5.41, 5.74) is 4.67. The molecule has 4 aromatic rings. The molecule has 0 saturated carbocycles. The SMILES string of the molecule is COc1ccc(CCC(=O)c2cccc(OP(=O)([O-])Oc3cccc(C(=O)CCc4ccc(OC)c(CN(C)C)c4)c3)c2)cc1CN(C)C.[Na+]. The van der Waals surface area contributed by atoms with Gasteiger partial charge in [-0.15, -0.1) is 0 Å². The van der Waals surface area contributed by atoms with E-state index in [4.69, 9.17) is 18.5 Å². The third-order valence-corrected chi connectivity index (χ3v) is 8.56. The van der Waals surface area contributed by atoms with Crippen molar-refractivity contribution < 1.29 is 67.1 Å². The van der Waals surface area contributed by atoms with Crippen molar-refractivity contribution in [3.05, 3.63) is 118 Å². The van der Waals surface area contributed by atoms with Crippen LogP contribution in [0, 0.1) is 0 Å². The van der Waals surface area contributed by atoms with Crippen LogP contribution in [0.1, 0.15) is 55.8 Å². The number of hydrogen-bond donors (Lipinski definition) is 0. The van der Waals surface area contributed by atoms with E-state index in [2.05, 4.69) is 0 Å². The maximum absolute atomic E-state index is 13.0. The number of carbonyl (C=O) groups excluding carboxylic acids is 2. The maximum Gasteiger partial charge on any atom is 1.00 e. The summed E-state index contributed by atoms with van der Waals surface area (Å²) < 4.78 is 34.2. The van der Waals surface area contributed by atoms with Crippen molar-refractivity contribution in [1.29, 1.82) is 0 Å². The minimum absolute atomic E-state index is 0. The van der Waals surface area contributed by atoms with Gasteiger partial charge in [0.15, 0.2) is 11.6 Å². The van der Waals surface area contributed by atoms with Gasteiger partial charge >= 0.3 is 37.4 Å². The summed E-state index contributed by atoms with van der Waals surface area (Å²) in [4.78, 5) is 43.0. The van der Waals surface area contributed by atoms with Gasteiger partial charge in [-0.2, -0.15) is 0 Å². The van der Waals surface area contributed by atoms with Crippen LogP contribution < -0.4 is 53.0 Å². The molecule has 4 rings (SSSR count). The number of Topliss-reactive ketones (excluding diaryl/α,β-unsaturated/α-hetero) is 2. The largest absolute Gasteiger partial charge is 1.00 e. The summed E-state index contributed by atoms with van der Waals surface area (Å²) in [6.45, 7) is 1.40. The number of methoxy groups -OCH3 is 2. The zero-order valence-electron chi connectivity index (χ0n) is 29.9. The van der Waals surface area contributed by atoms with E-state index >= 15 is 0 Å². The Bertz CT molecular complexity index is 1690. The minimum Gasteiger partial charge on any atom is -0.736 e. The number of aryl methyl sites for hydroxylation is 2. The molecule has 0 heterocycles. The van der Waals surface area contributed by atoms with E-state index < -0.39 is 7.82 Å². The Hall–Kier alpha value is -3.47. The average Bonchev–Trinajstić information content (AvgIpc) is 3.05. The monoisotopic (exact) mass is 710 g/mol. The number of carbonyl (C=O) groups is 2. The standard InChI is InChI=1S/C38H45N2O8P.Na/c1-39(2)25-31-21-27(15-19-37(31)45-5)13-17-35(41)29-9-7-11-33(23-29)47-49(43,44)48-34-12-8-10-30(24-34)36(42)18-14-28-16-20-38(46-6)32(22-28)26-40(3)4;/h7-12,15-16,19-24H,13-14,17-18,25-26H2,1-6H3,(H,43,44);/q;+1/p-1. The molecular weight excluding hydrogens is 666 g/mol. The maximum atomic E-state index is 13.0. The van der Waals surface area contributed by atoms with Crippen molar-refractivity contribution in [2.24, 2.45) is 0 Å². The van der Waals surface area contributed by atoms with E-state index in [1.54, 1.807) is 38.5 Å². The van der Waals surface area contributed by atoms with Crippen molar-refractivity contribution in [2.45, 2.75) is 38.8 Å². The Labute approximate surface area is 317 Å². The molecule has 0 amide bonds. The first-order chi connectivity index (χ1) is 23.3. The number of nitrogens with zero attached hydrogens (tertiary/aromatic N) is 2. The Morgan fingerprint density at radius 1 is 0.640 bits per heavy atom. The predicted molar refractivity (Wildman–Crippen MR) is 188 cm³/mol. The van der Waals surface area contributed by atoms with Gasteiger partial charge in [-0.05, 0) is 88.6 Å². The van der Waals surface area contributed by atoms with Crippen molar-refractivity contribution in [3.63, 3.8) is 0 Å². The Kier molecular flexibility index (Phi) is 15.7. The molecule has 0 saturated heterocycles. The van der Waals surface area contributed by atoms with Gasteiger partial charge in [0.05, 0.1) is 14.2 Å². The summed E-state index contributed by atoms with van der Waals surface area (Å²) in [5.74, 6) is 1.15. The fourth-order valence-electron chi connectivity index (χ4n) is 5.44. The van der Waals surface area contributed by atoms with Gasteiger partial charge in [-0.3, -0.25) is 9.59 Å². The van der Waals surface area contributed by atoms with Crippen LogP contribution in [0.5, 0.6) is 23.0 Å². The number of phosphoric ester groups is 1. The molecule has 0 aliphatic rings. The second kappa shape index (κ2) is 19.2. The molecule has 0 atom stereocenters.